The molecule has 2 N–H and O–H groups in total. The quantitative estimate of drug-likeness (QED) is 0.520. The lowest BCUT2D eigenvalue weighted by Gasteiger charge is -2.09. The summed E-state index contributed by atoms with van der Waals surface area (Å²) in [5, 5.41) is 7.38. The molecule has 12 heteroatoms. The Morgan fingerprint density at radius 1 is 1.13 bits per heavy atom. The number of nitrogens with one attached hydrogen (secondary N) is 2. The van der Waals surface area contributed by atoms with Crippen molar-refractivity contribution in [2.24, 2.45) is 0 Å². The van der Waals surface area contributed by atoms with E-state index < -0.39 is 0 Å². The third-order valence-corrected chi connectivity index (χ3v) is 4.58. The van der Waals surface area contributed by atoms with Gasteiger partial charge in [-0.2, -0.15) is 0 Å². The minimum absolute atomic E-state index is 0. The SMILES string of the molecule is COc1ccc(C(=O)Nc2nc(C(=O)NCCn3ccnc3)cs2)cc1OC.Cl.Cl. The average Bonchev–Trinajstić information content (AvgIpc) is 3.39. The highest BCUT2D eigenvalue weighted by Gasteiger charge is 2.15. The number of halogens is 2. The van der Waals surface area contributed by atoms with Gasteiger partial charge in [-0.3, -0.25) is 14.9 Å². The first-order valence-electron chi connectivity index (χ1n) is 8.33. The van der Waals surface area contributed by atoms with Gasteiger partial charge in [0.2, 0.25) is 0 Å². The van der Waals surface area contributed by atoms with Gasteiger partial charge in [-0.1, -0.05) is 0 Å². The Labute approximate surface area is 189 Å². The summed E-state index contributed by atoms with van der Waals surface area (Å²) in [5.41, 5.74) is 0.637. The van der Waals surface area contributed by atoms with Gasteiger partial charge in [0.25, 0.3) is 11.8 Å². The number of ether oxygens (including phenoxy) is 2. The molecule has 0 unspecified atom stereocenters. The Hall–Kier alpha value is -2.82. The van der Waals surface area contributed by atoms with Gasteiger partial charge in [0.05, 0.1) is 20.5 Å². The van der Waals surface area contributed by atoms with Gasteiger partial charge >= 0.3 is 0 Å². The lowest BCUT2D eigenvalue weighted by molar-refractivity contribution is 0.0946. The van der Waals surface area contributed by atoms with Crippen LogP contribution in [0.5, 0.6) is 11.5 Å². The predicted molar refractivity (Wildman–Crippen MR) is 119 cm³/mol. The molecule has 0 aliphatic heterocycles. The predicted octanol–water partition coefficient (Wildman–Crippen LogP) is 2.88. The second-order valence-electron chi connectivity index (χ2n) is 5.62. The molecule has 0 atom stereocenters. The van der Waals surface area contributed by atoms with Crippen molar-refractivity contribution < 1.29 is 19.1 Å². The fraction of sp³-hybridized carbons (Fsp3) is 0.222. The van der Waals surface area contributed by atoms with Crippen LogP contribution in [0.1, 0.15) is 20.8 Å². The number of amides is 2. The third-order valence-electron chi connectivity index (χ3n) is 3.82. The molecule has 1 aromatic carbocycles. The fourth-order valence-corrected chi connectivity index (χ4v) is 3.08. The number of aromatic nitrogens is 3. The summed E-state index contributed by atoms with van der Waals surface area (Å²) >= 11 is 1.17. The van der Waals surface area contributed by atoms with Crippen molar-refractivity contribution >= 4 is 53.1 Å². The molecular formula is C18H21Cl2N5O4S. The van der Waals surface area contributed by atoms with E-state index in [9.17, 15) is 9.59 Å². The molecular weight excluding hydrogens is 453 g/mol. The molecule has 2 heterocycles. The van der Waals surface area contributed by atoms with Crippen molar-refractivity contribution in [2.75, 3.05) is 26.1 Å². The number of hydrogen-bond acceptors (Lipinski definition) is 7. The lowest BCUT2D eigenvalue weighted by Crippen LogP contribution is -2.27. The highest BCUT2D eigenvalue weighted by molar-refractivity contribution is 7.14. The summed E-state index contributed by atoms with van der Waals surface area (Å²) in [5.74, 6) is 0.320. The van der Waals surface area contributed by atoms with Gasteiger partial charge in [-0.05, 0) is 18.2 Å². The fourth-order valence-electron chi connectivity index (χ4n) is 2.39. The summed E-state index contributed by atoms with van der Waals surface area (Å²) < 4.78 is 12.2. The molecule has 0 saturated carbocycles. The molecule has 0 aliphatic rings. The Morgan fingerprint density at radius 2 is 1.90 bits per heavy atom. The number of methoxy groups -OCH3 is 2. The van der Waals surface area contributed by atoms with Crippen LogP contribution in [0.2, 0.25) is 0 Å². The van der Waals surface area contributed by atoms with Gasteiger partial charge in [0, 0.05) is 36.4 Å². The van der Waals surface area contributed by atoms with Crippen molar-refractivity contribution in [3.63, 3.8) is 0 Å². The number of imidazole rings is 1. The second-order valence-corrected chi connectivity index (χ2v) is 6.48. The van der Waals surface area contributed by atoms with Crippen molar-refractivity contribution in [2.45, 2.75) is 6.54 Å². The van der Waals surface area contributed by atoms with E-state index in [1.54, 1.807) is 36.1 Å². The van der Waals surface area contributed by atoms with Crippen molar-refractivity contribution in [3.8, 4) is 11.5 Å². The minimum Gasteiger partial charge on any atom is -0.493 e. The number of carbonyl (C=O) groups is 2. The first-order chi connectivity index (χ1) is 13.6. The number of nitrogens with zero attached hydrogens (tertiary/aromatic N) is 3. The highest BCUT2D eigenvalue weighted by Crippen LogP contribution is 2.28. The summed E-state index contributed by atoms with van der Waals surface area (Å²) in [6.45, 7) is 1.05. The van der Waals surface area contributed by atoms with Crippen molar-refractivity contribution in [1.82, 2.24) is 19.9 Å². The van der Waals surface area contributed by atoms with Crippen molar-refractivity contribution in [1.29, 1.82) is 0 Å². The van der Waals surface area contributed by atoms with Crippen LogP contribution in [0.4, 0.5) is 5.13 Å². The number of thiazole rings is 1. The van der Waals surface area contributed by atoms with Crippen LogP contribution in [-0.4, -0.2) is 47.1 Å². The Morgan fingerprint density at radius 3 is 2.57 bits per heavy atom. The van der Waals surface area contributed by atoms with Gasteiger partial charge < -0.3 is 19.4 Å². The lowest BCUT2D eigenvalue weighted by atomic mass is 10.2. The molecule has 3 aromatic rings. The molecule has 0 fully saturated rings. The summed E-state index contributed by atoms with van der Waals surface area (Å²) in [4.78, 5) is 32.7. The molecule has 30 heavy (non-hydrogen) atoms. The van der Waals surface area contributed by atoms with Crippen LogP contribution in [0.3, 0.4) is 0 Å². The minimum atomic E-state index is -0.359. The van der Waals surface area contributed by atoms with Crippen molar-refractivity contribution in [3.05, 3.63) is 53.6 Å². The number of rotatable bonds is 8. The normalized spacial score (nSPS) is 9.67. The molecule has 9 nitrogen and oxygen atoms in total. The molecule has 162 valence electrons. The van der Waals surface area contributed by atoms with Crippen LogP contribution < -0.4 is 20.1 Å². The summed E-state index contributed by atoms with van der Waals surface area (Å²) in [7, 11) is 3.02. The molecule has 0 bridgehead atoms. The van der Waals surface area contributed by atoms with E-state index in [-0.39, 0.29) is 42.3 Å². The van der Waals surface area contributed by atoms with Gasteiger partial charge in [0.15, 0.2) is 16.6 Å². The van der Waals surface area contributed by atoms with Crippen LogP contribution in [0.15, 0.2) is 42.3 Å². The zero-order valence-corrected chi connectivity index (χ0v) is 18.6. The molecule has 3 rings (SSSR count). The monoisotopic (exact) mass is 473 g/mol. The van der Waals surface area contributed by atoms with E-state index in [2.05, 4.69) is 20.6 Å². The van der Waals surface area contributed by atoms with Gasteiger partial charge in [-0.15, -0.1) is 36.2 Å². The molecule has 2 amide bonds. The van der Waals surface area contributed by atoms with E-state index in [1.165, 1.54) is 25.6 Å². The van der Waals surface area contributed by atoms with Crippen LogP contribution in [0.25, 0.3) is 0 Å². The van der Waals surface area contributed by atoms with E-state index >= 15 is 0 Å². The zero-order chi connectivity index (χ0) is 19.9. The largest absolute Gasteiger partial charge is 0.493 e. The first kappa shape index (κ1) is 25.2. The van der Waals surface area contributed by atoms with Crippen LogP contribution in [-0.2, 0) is 6.54 Å². The third kappa shape index (κ3) is 6.34. The zero-order valence-electron chi connectivity index (χ0n) is 16.2. The average molecular weight is 474 g/mol. The van der Waals surface area contributed by atoms with E-state index in [0.29, 0.717) is 35.3 Å². The Balaban J connectivity index is 0.00000225. The molecule has 2 aromatic heterocycles. The maximum absolute atomic E-state index is 12.4. The highest BCUT2D eigenvalue weighted by atomic mass is 35.5. The number of hydrogen-bond donors (Lipinski definition) is 2. The molecule has 0 saturated heterocycles. The Bertz CT molecular complexity index is 965. The first-order valence-corrected chi connectivity index (χ1v) is 9.21. The van der Waals surface area contributed by atoms with Gasteiger partial charge in [0.1, 0.15) is 5.69 Å². The smallest absolute Gasteiger partial charge is 0.270 e. The number of carbonyl (C=O) groups excluding carboxylic acids is 2. The standard InChI is InChI=1S/C18H19N5O4S.2ClH/c1-26-14-4-3-12(9-15(14)27-2)16(24)22-18-21-13(10-28-18)17(25)20-6-8-23-7-5-19-11-23;;/h3-5,7,9-11H,6,8H2,1-2H3,(H,20,25)(H,21,22,24);2*1H. The topological polar surface area (TPSA) is 107 Å². The summed E-state index contributed by atoms with van der Waals surface area (Å²) in [6.07, 6.45) is 5.17. The van der Waals surface area contributed by atoms with Crippen LogP contribution in [0, 0.1) is 0 Å². The maximum Gasteiger partial charge on any atom is 0.270 e. The van der Waals surface area contributed by atoms with Crippen LogP contribution >= 0.6 is 36.2 Å². The number of anilines is 1. The molecule has 0 radical (unpaired) electrons. The molecule has 0 spiro atoms. The summed E-state index contributed by atoms with van der Waals surface area (Å²) in [6, 6.07) is 4.84. The Kier molecular flexibility index (Phi) is 10.1. The second kappa shape index (κ2) is 12.0. The van der Waals surface area contributed by atoms with E-state index in [0.717, 1.165) is 0 Å². The van der Waals surface area contributed by atoms with E-state index in [4.69, 9.17) is 9.47 Å². The molecule has 0 aliphatic carbocycles. The van der Waals surface area contributed by atoms with Gasteiger partial charge in [-0.25, -0.2) is 9.97 Å². The van der Waals surface area contributed by atoms with E-state index in [1.807, 2.05) is 10.8 Å². The number of benzene rings is 1. The maximum atomic E-state index is 12.4.